The second kappa shape index (κ2) is 7.98. The first kappa shape index (κ1) is 18.4. The van der Waals surface area contributed by atoms with Crippen molar-refractivity contribution in [2.45, 2.75) is 19.4 Å². The summed E-state index contributed by atoms with van der Waals surface area (Å²) in [5, 5.41) is 7.47. The lowest BCUT2D eigenvalue weighted by atomic mass is 9.96. The number of benzene rings is 2. The van der Waals surface area contributed by atoms with Crippen LogP contribution in [-0.2, 0) is 16.0 Å². The fourth-order valence-corrected chi connectivity index (χ4v) is 3.74. The van der Waals surface area contributed by atoms with Crippen LogP contribution in [0.1, 0.15) is 24.1 Å². The van der Waals surface area contributed by atoms with E-state index in [1.165, 1.54) is 6.33 Å². The first-order valence-electron chi connectivity index (χ1n) is 8.97. The maximum Gasteiger partial charge on any atom is 0.338 e. The van der Waals surface area contributed by atoms with Gasteiger partial charge in [0.05, 0.1) is 12.2 Å². The number of anilines is 1. The molecule has 142 valence electrons. The quantitative estimate of drug-likeness (QED) is 0.606. The third-order valence-corrected chi connectivity index (χ3v) is 5.14. The molecule has 1 aliphatic heterocycles. The number of halogens is 1. The van der Waals surface area contributed by atoms with E-state index in [1.54, 1.807) is 4.68 Å². The lowest BCUT2D eigenvalue weighted by molar-refractivity contribution is -0.139. The number of esters is 1. The SMILES string of the molecule is CC1=C(C(=O)OCCc2ccccc2)[C@@H](c2cccc(Br)c2)n2ncnc2N1. The predicted octanol–water partition coefficient (Wildman–Crippen LogP) is 4.12. The van der Waals surface area contributed by atoms with Gasteiger partial charge in [0.15, 0.2) is 0 Å². The molecule has 1 N–H and O–H groups in total. The molecule has 4 rings (SSSR count). The van der Waals surface area contributed by atoms with Crippen LogP contribution in [0.15, 0.2) is 76.7 Å². The molecule has 6 nitrogen and oxygen atoms in total. The molecule has 1 atom stereocenters. The average molecular weight is 439 g/mol. The Labute approximate surface area is 171 Å². The number of hydrogen-bond donors (Lipinski definition) is 1. The molecule has 0 amide bonds. The molecule has 2 heterocycles. The first-order valence-corrected chi connectivity index (χ1v) is 9.76. The number of nitrogens with one attached hydrogen (secondary N) is 1. The maximum absolute atomic E-state index is 13.0. The maximum atomic E-state index is 13.0. The summed E-state index contributed by atoms with van der Waals surface area (Å²) in [6, 6.07) is 17.4. The number of aromatic nitrogens is 3. The van der Waals surface area contributed by atoms with Gasteiger partial charge in [-0.1, -0.05) is 58.4 Å². The number of fused-ring (bicyclic) bond motifs is 1. The Balaban J connectivity index is 1.60. The highest BCUT2D eigenvalue weighted by molar-refractivity contribution is 9.10. The third kappa shape index (κ3) is 3.71. The molecule has 0 saturated carbocycles. The van der Waals surface area contributed by atoms with Crippen molar-refractivity contribution in [3.05, 3.63) is 87.8 Å². The fourth-order valence-electron chi connectivity index (χ4n) is 3.32. The van der Waals surface area contributed by atoms with Crippen LogP contribution < -0.4 is 5.32 Å². The van der Waals surface area contributed by atoms with Crippen LogP contribution >= 0.6 is 15.9 Å². The molecule has 0 bridgehead atoms. The summed E-state index contributed by atoms with van der Waals surface area (Å²) in [6.07, 6.45) is 2.15. The molecular weight excluding hydrogens is 420 g/mol. The number of hydrogen-bond acceptors (Lipinski definition) is 5. The zero-order valence-electron chi connectivity index (χ0n) is 15.3. The van der Waals surface area contributed by atoms with Crippen molar-refractivity contribution in [2.75, 3.05) is 11.9 Å². The van der Waals surface area contributed by atoms with Crippen LogP contribution in [0.5, 0.6) is 0 Å². The number of ether oxygens (including phenoxy) is 1. The Kier molecular flexibility index (Phi) is 5.25. The minimum atomic E-state index is -0.402. The number of nitrogens with zero attached hydrogens (tertiary/aromatic N) is 3. The fraction of sp³-hybridized carbons (Fsp3) is 0.190. The van der Waals surface area contributed by atoms with Crippen LogP contribution in [-0.4, -0.2) is 27.3 Å². The van der Waals surface area contributed by atoms with Crippen LogP contribution in [0.2, 0.25) is 0 Å². The smallest absolute Gasteiger partial charge is 0.338 e. The zero-order chi connectivity index (χ0) is 19.5. The second-order valence-corrected chi connectivity index (χ2v) is 7.44. The Hall–Kier alpha value is -2.93. The highest BCUT2D eigenvalue weighted by Crippen LogP contribution is 2.35. The molecule has 0 aliphatic carbocycles. The van der Waals surface area contributed by atoms with E-state index in [4.69, 9.17) is 4.74 Å². The van der Waals surface area contributed by atoms with E-state index in [2.05, 4.69) is 31.3 Å². The van der Waals surface area contributed by atoms with Crippen molar-refractivity contribution in [1.82, 2.24) is 14.8 Å². The van der Waals surface area contributed by atoms with E-state index >= 15 is 0 Å². The molecule has 0 unspecified atom stereocenters. The minimum Gasteiger partial charge on any atom is -0.462 e. The van der Waals surface area contributed by atoms with E-state index in [1.807, 2.05) is 61.5 Å². The summed E-state index contributed by atoms with van der Waals surface area (Å²) < 4.78 is 8.26. The first-order chi connectivity index (χ1) is 13.6. The van der Waals surface area contributed by atoms with Crippen LogP contribution in [0.4, 0.5) is 5.95 Å². The van der Waals surface area contributed by atoms with E-state index in [0.29, 0.717) is 24.5 Å². The van der Waals surface area contributed by atoms with Gasteiger partial charge in [0.1, 0.15) is 12.4 Å². The highest BCUT2D eigenvalue weighted by Gasteiger charge is 2.34. The summed E-state index contributed by atoms with van der Waals surface area (Å²) in [6.45, 7) is 2.17. The lowest BCUT2D eigenvalue weighted by Gasteiger charge is -2.28. The van der Waals surface area contributed by atoms with Crippen LogP contribution in [0.25, 0.3) is 0 Å². The molecule has 0 saturated heterocycles. The molecule has 1 aromatic heterocycles. The van der Waals surface area contributed by atoms with Gasteiger partial charge >= 0.3 is 5.97 Å². The predicted molar refractivity (Wildman–Crippen MR) is 110 cm³/mol. The Morgan fingerprint density at radius 1 is 1.21 bits per heavy atom. The molecule has 0 spiro atoms. The summed E-state index contributed by atoms with van der Waals surface area (Å²) in [5.74, 6) is 0.246. The summed E-state index contributed by atoms with van der Waals surface area (Å²) in [5.41, 5.74) is 3.31. The largest absolute Gasteiger partial charge is 0.462 e. The normalized spacial score (nSPS) is 15.7. The Morgan fingerprint density at radius 2 is 2.04 bits per heavy atom. The van der Waals surface area contributed by atoms with Gasteiger partial charge in [-0.3, -0.25) is 0 Å². The van der Waals surface area contributed by atoms with Crippen molar-refractivity contribution in [2.24, 2.45) is 0 Å². The van der Waals surface area contributed by atoms with Gasteiger partial charge in [-0.2, -0.15) is 10.1 Å². The van der Waals surface area contributed by atoms with Crippen molar-refractivity contribution in [3.63, 3.8) is 0 Å². The second-order valence-electron chi connectivity index (χ2n) is 6.52. The monoisotopic (exact) mass is 438 g/mol. The van der Waals surface area contributed by atoms with Crippen molar-refractivity contribution in [1.29, 1.82) is 0 Å². The van der Waals surface area contributed by atoms with E-state index in [0.717, 1.165) is 21.3 Å². The van der Waals surface area contributed by atoms with Gasteiger partial charge in [-0.25, -0.2) is 9.48 Å². The standard InChI is InChI=1S/C21H19BrN4O2/c1-14-18(20(27)28-11-10-15-6-3-2-4-7-15)19(16-8-5-9-17(22)12-16)26-21(25-14)23-13-24-26/h2-9,12-13,19H,10-11H2,1H3,(H,23,24,25)/t19-/m1/s1. The lowest BCUT2D eigenvalue weighted by Crippen LogP contribution is -2.30. The highest BCUT2D eigenvalue weighted by atomic mass is 79.9. The van der Waals surface area contributed by atoms with Gasteiger partial charge in [0, 0.05) is 16.6 Å². The molecule has 7 heteroatoms. The van der Waals surface area contributed by atoms with E-state index < -0.39 is 6.04 Å². The number of allylic oxidation sites excluding steroid dienone is 1. The van der Waals surface area contributed by atoms with E-state index in [9.17, 15) is 4.79 Å². The molecule has 0 radical (unpaired) electrons. The number of carbonyl (C=O) groups excluding carboxylic acids is 1. The molecule has 28 heavy (non-hydrogen) atoms. The van der Waals surface area contributed by atoms with Gasteiger partial charge in [-0.15, -0.1) is 0 Å². The Morgan fingerprint density at radius 3 is 2.82 bits per heavy atom. The molecule has 1 aliphatic rings. The van der Waals surface area contributed by atoms with Crippen LogP contribution in [0, 0.1) is 0 Å². The average Bonchev–Trinajstić information content (AvgIpc) is 3.15. The van der Waals surface area contributed by atoms with Gasteiger partial charge in [0.2, 0.25) is 5.95 Å². The minimum absolute atomic E-state index is 0.315. The molecule has 3 aromatic rings. The summed E-state index contributed by atoms with van der Waals surface area (Å²) in [7, 11) is 0. The van der Waals surface area contributed by atoms with Gasteiger partial charge < -0.3 is 10.1 Å². The topological polar surface area (TPSA) is 69.0 Å². The molecular formula is C21H19BrN4O2. The van der Waals surface area contributed by atoms with Crippen molar-refractivity contribution in [3.8, 4) is 0 Å². The Bertz CT molecular complexity index is 1030. The summed E-state index contributed by atoms with van der Waals surface area (Å²) >= 11 is 3.51. The molecule has 0 fully saturated rings. The summed E-state index contributed by atoms with van der Waals surface area (Å²) in [4.78, 5) is 17.2. The van der Waals surface area contributed by atoms with Crippen LogP contribution in [0.3, 0.4) is 0 Å². The van der Waals surface area contributed by atoms with Crippen molar-refractivity contribution < 1.29 is 9.53 Å². The zero-order valence-corrected chi connectivity index (χ0v) is 16.9. The van der Waals surface area contributed by atoms with Gasteiger partial charge in [-0.05, 0) is 30.2 Å². The number of rotatable bonds is 5. The van der Waals surface area contributed by atoms with Gasteiger partial charge in [0.25, 0.3) is 0 Å². The number of carbonyl (C=O) groups is 1. The molecule has 2 aromatic carbocycles. The van der Waals surface area contributed by atoms with Crippen molar-refractivity contribution >= 4 is 27.8 Å². The van der Waals surface area contributed by atoms with E-state index in [-0.39, 0.29) is 5.97 Å². The third-order valence-electron chi connectivity index (χ3n) is 4.65.